The van der Waals surface area contributed by atoms with Crippen LogP contribution in [-0.4, -0.2) is 18.9 Å². The average Bonchev–Trinajstić information content (AvgIpc) is 2.42. The van der Waals surface area contributed by atoms with Crippen molar-refractivity contribution in [1.82, 2.24) is 0 Å². The first-order valence-electron chi connectivity index (χ1n) is 5.78. The Morgan fingerprint density at radius 2 is 2.22 bits per heavy atom. The molecule has 1 aliphatic rings. The second kappa shape index (κ2) is 5.01. The van der Waals surface area contributed by atoms with E-state index in [1.165, 1.54) is 7.11 Å². The zero-order valence-electron chi connectivity index (χ0n) is 10.1. The summed E-state index contributed by atoms with van der Waals surface area (Å²) in [5.74, 6) is -2.35. The van der Waals surface area contributed by atoms with Crippen LogP contribution in [0.1, 0.15) is 22.3 Å². The first-order valence-corrected chi connectivity index (χ1v) is 5.78. The number of hydrogen-bond donors (Lipinski definition) is 0. The molecule has 4 heteroatoms. The number of Topliss-reactive ketones (excluding diaryl/α,β-unsaturated/α-hetero) is 1. The molecule has 92 valence electrons. The number of benzene rings is 1. The van der Waals surface area contributed by atoms with Crippen LogP contribution in [0.3, 0.4) is 0 Å². The van der Waals surface area contributed by atoms with Gasteiger partial charge in [0.1, 0.15) is 0 Å². The average molecular weight is 243 g/mol. The van der Waals surface area contributed by atoms with E-state index in [0.717, 1.165) is 5.56 Å². The number of nitriles is 1. The second-order valence-electron chi connectivity index (χ2n) is 4.30. The minimum atomic E-state index is -1.00. The lowest BCUT2D eigenvalue weighted by Crippen LogP contribution is -2.33. The molecule has 0 saturated carbocycles. The smallest absolute Gasteiger partial charge is 0.323 e. The van der Waals surface area contributed by atoms with Gasteiger partial charge in [0.15, 0.2) is 11.7 Å². The van der Waals surface area contributed by atoms with Gasteiger partial charge >= 0.3 is 5.97 Å². The molecule has 0 spiro atoms. The maximum Gasteiger partial charge on any atom is 0.323 e. The number of carbonyl (C=O) groups excluding carboxylic acids is 2. The Morgan fingerprint density at radius 1 is 1.50 bits per heavy atom. The van der Waals surface area contributed by atoms with Gasteiger partial charge < -0.3 is 4.74 Å². The van der Waals surface area contributed by atoms with E-state index in [-0.39, 0.29) is 5.78 Å². The number of carbonyl (C=O) groups is 2. The lowest BCUT2D eigenvalue weighted by molar-refractivity contribution is -0.144. The number of fused-ring (bicyclic) bond motifs is 1. The molecule has 1 aromatic carbocycles. The Balaban J connectivity index is 2.32. The van der Waals surface area contributed by atoms with Crippen LogP contribution in [0.25, 0.3) is 0 Å². The minimum absolute atomic E-state index is 0.131. The lowest BCUT2D eigenvalue weighted by Gasteiger charge is -2.25. The van der Waals surface area contributed by atoms with Crippen LogP contribution < -0.4 is 0 Å². The number of aryl methyl sites for hydroxylation is 1. The molecular formula is C14H13NO3. The Bertz CT molecular complexity index is 530. The first-order chi connectivity index (χ1) is 8.69. The third-order valence-corrected chi connectivity index (χ3v) is 3.34. The van der Waals surface area contributed by atoms with Crippen molar-refractivity contribution in [1.29, 1.82) is 5.26 Å². The van der Waals surface area contributed by atoms with Gasteiger partial charge in [-0.1, -0.05) is 24.3 Å². The molecule has 2 atom stereocenters. The van der Waals surface area contributed by atoms with Crippen molar-refractivity contribution >= 4 is 11.8 Å². The monoisotopic (exact) mass is 243 g/mol. The molecule has 0 fully saturated rings. The topological polar surface area (TPSA) is 67.2 Å². The van der Waals surface area contributed by atoms with E-state index in [4.69, 9.17) is 5.26 Å². The van der Waals surface area contributed by atoms with Gasteiger partial charge in [-0.05, 0) is 18.4 Å². The molecule has 2 unspecified atom stereocenters. The summed E-state index contributed by atoms with van der Waals surface area (Å²) in [7, 11) is 1.23. The van der Waals surface area contributed by atoms with Crippen LogP contribution in [0.5, 0.6) is 0 Å². The van der Waals surface area contributed by atoms with Crippen LogP contribution in [0.2, 0.25) is 0 Å². The fourth-order valence-electron chi connectivity index (χ4n) is 2.37. The molecule has 0 heterocycles. The second-order valence-corrected chi connectivity index (χ2v) is 4.30. The van der Waals surface area contributed by atoms with E-state index in [2.05, 4.69) is 4.74 Å². The summed E-state index contributed by atoms with van der Waals surface area (Å²) in [5, 5.41) is 9.04. The van der Waals surface area contributed by atoms with E-state index in [1.807, 2.05) is 18.2 Å². The van der Waals surface area contributed by atoms with Gasteiger partial charge in [0.25, 0.3) is 0 Å². The zero-order valence-corrected chi connectivity index (χ0v) is 10.1. The summed E-state index contributed by atoms with van der Waals surface area (Å²) in [6, 6.07) is 9.21. The Labute approximate surface area is 105 Å². The van der Waals surface area contributed by atoms with Gasteiger partial charge in [-0.2, -0.15) is 5.26 Å². The van der Waals surface area contributed by atoms with E-state index in [9.17, 15) is 9.59 Å². The van der Waals surface area contributed by atoms with Gasteiger partial charge in [-0.25, -0.2) is 0 Å². The van der Waals surface area contributed by atoms with E-state index in [0.29, 0.717) is 18.4 Å². The molecule has 4 nitrogen and oxygen atoms in total. The summed E-state index contributed by atoms with van der Waals surface area (Å²) in [6.07, 6.45) is 1.23. The molecule has 18 heavy (non-hydrogen) atoms. The molecule has 1 aromatic rings. The standard InChI is InChI=1S/C14H13NO3/c1-18-14(17)12(8-15)11-7-6-9-4-2-3-5-10(9)13(11)16/h2-5,11-12H,6-7H2,1H3. The first kappa shape index (κ1) is 12.3. The van der Waals surface area contributed by atoms with Crippen molar-refractivity contribution in [3.8, 4) is 6.07 Å². The quantitative estimate of drug-likeness (QED) is 0.742. The van der Waals surface area contributed by atoms with Gasteiger partial charge in [0.2, 0.25) is 0 Å². The number of nitrogens with zero attached hydrogens (tertiary/aromatic N) is 1. The summed E-state index contributed by atoms with van der Waals surface area (Å²) < 4.78 is 4.58. The van der Waals surface area contributed by atoms with Crippen molar-refractivity contribution in [3.05, 3.63) is 35.4 Å². The van der Waals surface area contributed by atoms with Crippen LogP contribution in [0.15, 0.2) is 24.3 Å². The predicted molar refractivity (Wildman–Crippen MR) is 63.7 cm³/mol. The molecule has 0 radical (unpaired) electrons. The van der Waals surface area contributed by atoms with E-state index in [1.54, 1.807) is 12.1 Å². The summed E-state index contributed by atoms with van der Waals surface area (Å²) in [6.45, 7) is 0. The zero-order chi connectivity index (χ0) is 13.1. The Morgan fingerprint density at radius 3 is 2.89 bits per heavy atom. The highest BCUT2D eigenvalue weighted by molar-refractivity contribution is 6.02. The van der Waals surface area contributed by atoms with Crippen molar-refractivity contribution in [2.45, 2.75) is 12.8 Å². The van der Waals surface area contributed by atoms with Gasteiger partial charge in [0, 0.05) is 11.5 Å². The molecule has 0 amide bonds. The van der Waals surface area contributed by atoms with Crippen molar-refractivity contribution in [2.24, 2.45) is 11.8 Å². The summed E-state index contributed by atoms with van der Waals surface area (Å²) >= 11 is 0. The van der Waals surface area contributed by atoms with Gasteiger partial charge in [-0.3, -0.25) is 9.59 Å². The molecule has 2 rings (SSSR count). The summed E-state index contributed by atoms with van der Waals surface area (Å²) in [4.78, 5) is 23.8. The van der Waals surface area contributed by atoms with E-state index >= 15 is 0 Å². The van der Waals surface area contributed by atoms with Crippen molar-refractivity contribution in [3.63, 3.8) is 0 Å². The van der Waals surface area contributed by atoms with Crippen molar-refractivity contribution in [2.75, 3.05) is 7.11 Å². The molecule has 0 aliphatic heterocycles. The molecule has 0 N–H and O–H groups in total. The highest BCUT2D eigenvalue weighted by Crippen LogP contribution is 2.30. The number of hydrogen-bond acceptors (Lipinski definition) is 4. The predicted octanol–water partition coefficient (Wildman–Crippen LogP) is 1.74. The molecule has 0 saturated heterocycles. The van der Waals surface area contributed by atoms with Crippen LogP contribution in [-0.2, 0) is 16.0 Å². The number of ether oxygens (including phenoxy) is 1. The number of rotatable bonds is 2. The van der Waals surface area contributed by atoms with Crippen LogP contribution in [0.4, 0.5) is 0 Å². The third kappa shape index (κ3) is 2.00. The fourth-order valence-corrected chi connectivity index (χ4v) is 2.37. The lowest BCUT2D eigenvalue weighted by atomic mass is 9.76. The highest BCUT2D eigenvalue weighted by Gasteiger charge is 2.38. The number of methoxy groups -OCH3 is 1. The minimum Gasteiger partial charge on any atom is -0.468 e. The number of ketones is 1. The Hall–Kier alpha value is -2.15. The van der Waals surface area contributed by atoms with Crippen molar-refractivity contribution < 1.29 is 14.3 Å². The molecule has 0 aromatic heterocycles. The number of esters is 1. The molecule has 1 aliphatic carbocycles. The maximum atomic E-state index is 12.3. The van der Waals surface area contributed by atoms with E-state index < -0.39 is 17.8 Å². The molecular weight excluding hydrogens is 230 g/mol. The largest absolute Gasteiger partial charge is 0.468 e. The molecule has 0 bridgehead atoms. The third-order valence-electron chi connectivity index (χ3n) is 3.34. The Kier molecular flexibility index (Phi) is 3.42. The fraction of sp³-hybridized carbons (Fsp3) is 0.357. The van der Waals surface area contributed by atoms with Gasteiger partial charge in [-0.15, -0.1) is 0 Å². The normalized spacial score (nSPS) is 19.6. The maximum absolute atomic E-state index is 12.3. The van der Waals surface area contributed by atoms with Crippen LogP contribution in [0, 0.1) is 23.2 Å². The summed E-state index contributed by atoms with van der Waals surface area (Å²) in [5.41, 5.74) is 1.61. The van der Waals surface area contributed by atoms with Gasteiger partial charge in [0.05, 0.1) is 13.2 Å². The van der Waals surface area contributed by atoms with Crippen LogP contribution >= 0.6 is 0 Å². The SMILES string of the molecule is COC(=O)C(C#N)C1CCc2ccccc2C1=O. The highest BCUT2D eigenvalue weighted by atomic mass is 16.5.